The molecule has 0 aliphatic carbocycles. The van der Waals surface area contributed by atoms with Crippen molar-refractivity contribution in [3.8, 4) is 0 Å². The molecule has 1 saturated heterocycles. The minimum absolute atomic E-state index is 0.0368. The molecular weight excluding hydrogens is 224 g/mol. The number of hydrogen-bond donors (Lipinski definition) is 1. The lowest BCUT2D eigenvalue weighted by atomic mass is 10.1. The van der Waals surface area contributed by atoms with Crippen LogP contribution in [0.25, 0.3) is 0 Å². The maximum Gasteiger partial charge on any atom is 0.239 e. The molecule has 0 bridgehead atoms. The first-order chi connectivity index (χ1) is 8.70. The minimum Gasteiger partial charge on any atom is -0.337 e. The molecule has 0 spiro atoms. The Morgan fingerprint density at radius 2 is 2.33 bits per heavy atom. The molecule has 2 rings (SSSR count). The molecule has 3 heteroatoms. The molecule has 18 heavy (non-hydrogen) atoms. The zero-order chi connectivity index (χ0) is 13.0. The van der Waals surface area contributed by atoms with E-state index in [0.29, 0.717) is 0 Å². The van der Waals surface area contributed by atoms with Gasteiger partial charge in [-0.25, -0.2) is 0 Å². The van der Waals surface area contributed by atoms with Crippen molar-refractivity contribution in [1.29, 1.82) is 0 Å². The summed E-state index contributed by atoms with van der Waals surface area (Å²) in [6, 6.07) is 8.41. The first kappa shape index (κ1) is 13.1. The Balaban J connectivity index is 2.02. The summed E-state index contributed by atoms with van der Waals surface area (Å²) in [6.07, 6.45) is 2.08. The molecule has 0 unspecified atom stereocenters. The Morgan fingerprint density at radius 1 is 1.50 bits per heavy atom. The zero-order valence-electron chi connectivity index (χ0n) is 11.3. The average molecular weight is 246 g/mol. The van der Waals surface area contributed by atoms with Crippen LogP contribution >= 0.6 is 0 Å². The van der Waals surface area contributed by atoms with Crippen LogP contribution in [0.15, 0.2) is 24.3 Å². The van der Waals surface area contributed by atoms with Crippen molar-refractivity contribution < 1.29 is 4.79 Å². The fraction of sp³-hybridized carbons (Fsp3) is 0.533. The van der Waals surface area contributed by atoms with Crippen LogP contribution in [0, 0.1) is 6.92 Å². The largest absolute Gasteiger partial charge is 0.337 e. The second-order valence-corrected chi connectivity index (χ2v) is 4.99. The van der Waals surface area contributed by atoms with Gasteiger partial charge in [-0.3, -0.25) is 4.79 Å². The summed E-state index contributed by atoms with van der Waals surface area (Å²) in [5, 5.41) is 3.28. The van der Waals surface area contributed by atoms with Crippen LogP contribution in [0.3, 0.4) is 0 Å². The first-order valence-electron chi connectivity index (χ1n) is 6.78. The number of benzene rings is 1. The third kappa shape index (κ3) is 3.10. The van der Waals surface area contributed by atoms with Gasteiger partial charge in [0.25, 0.3) is 0 Å². The van der Waals surface area contributed by atoms with Crippen molar-refractivity contribution >= 4 is 5.91 Å². The molecule has 0 aromatic heterocycles. The summed E-state index contributed by atoms with van der Waals surface area (Å²) in [6.45, 7) is 6.58. The molecule has 98 valence electrons. The number of carbonyl (C=O) groups excluding carboxylic acids is 1. The van der Waals surface area contributed by atoms with Crippen LogP contribution in [0.2, 0.25) is 0 Å². The van der Waals surface area contributed by atoms with Gasteiger partial charge in [-0.15, -0.1) is 0 Å². The first-order valence-corrected chi connectivity index (χ1v) is 6.78. The Hall–Kier alpha value is -1.35. The third-order valence-corrected chi connectivity index (χ3v) is 3.51. The van der Waals surface area contributed by atoms with Crippen molar-refractivity contribution in [1.82, 2.24) is 10.2 Å². The molecule has 1 atom stereocenters. The Morgan fingerprint density at radius 3 is 2.94 bits per heavy atom. The smallest absolute Gasteiger partial charge is 0.239 e. The number of hydrogen-bond acceptors (Lipinski definition) is 2. The van der Waals surface area contributed by atoms with Crippen LogP contribution in [0.5, 0.6) is 0 Å². The summed E-state index contributed by atoms with van der Waals surface area (Å²) in [4.78, 5) is 14.3. The third-order valence-electron chi connectivity index (χ3n) is 3.51. The molecule has 1 amide bonds. The van der Waals surface area contributed by atoms with Gasteiger partial charge in [0.1, 0.15) is 0 Å². The summed E-state index contributed by atoms with van der Waals surface area (Å²) in [7, 11) is 0. The van der Waals surface area contributed by atoms with Crippen molar-refractivity contribution in [3.63, 3.8) is 0 Å². The minimum atomic E-state index is 0.0368. The van der Waals surface area contributed by atoms with Crippen LogP contribution in [0.4, 0.5) is 0 Å². The number of carbonyl (C=O) groups is 1. The number of amides is 1. The Bertz CT molecular complexity index is 411. The van der Waals surface area contributed by atoms with E-state index in [4.69, 9.17) is 0 Å². The van der Waals surface area contributed by atoms with Crippen LogP contribution < -0.4 is 5.32 Å². The monoisotopic (exact) mass is 246 g/mol. The molecule has 1 aromatic carbocycles. The van der Waals surface area contributed by atoms with E-state index in [1.165, 1.54) is 11.1 Å². The number of aryl methyl sites for hydroxylation is 1. The fourth-order valence-corrected chi connectivity index (χ4v) is 2.49. The van der Waals surface area contributed by atoms with E-state index in [1.54, 1.807) is 0 Å². The molecule has 0 radical (unpaired) electrons. The van der Waals surface area contributed by atoms with Crippen molar-refractivity contribution in [2.24, 2.45) is 0 Å². The predicted octanol–water partition coefficient (Wildman–Crippen LogP) is 2.10. The second kappa shape index (κ2) is 6.01. The van der Waals surface area contributed by atoms with Gasteiger partial charge in [-0.2, -0.15) is 0 Å². The van der Waals surface area contributed by atoms with Crippen LogP contribution in [-0.4, -0.2) is 29.9 Å². The molecule has 3 nitrogen and oxygen atoms in total. The number of nitrogens with one attached hydrogen (secondary N) is 1. The number of nitrogens with zero attached hydrogens (tertiary/aromatic N) is 1. The second-order valence-electron chi connectivity index (χ2n) is 4.99. The van der Waals surface area contributed by atoms with E-state index in [1.807, 2.05) is 11.8 Å². The quantitative estimate of drug-likeness (QED) is 0.882. The fourth-order valence-electron chi connectivity index (χ4n) is 2.49. The van der Waals surface area contributed by atoms with Crippen LogP contribution in [0.1, 0.15) is 30.9 Å². The molecular formula is C15H22N2O. The van der Waals surface area contributed by atoms with E-state index in [2.05, 4.69) is 36.5 Å². The van der Waals surface area contributed by atoms with E-state index in [9.17, 15) is 4.79 Å². The molecule has 1 fully saturated rings. The van der Waals surface area contributed by atoms with Crippen molar-refractivity contribution in [2.45, 2.75) is 39.3 Å². The summed E-state index contributed by atoms with van der Waals surface area (Å²) in [5.74, 6) is 0.247. The van der Waals surface area contributed by atoms with Crippen molar-refractivity contribution in [3.05, 3.63) is 35.4 Å². The van der Waals surface area contributed by atoms with Crippen LogP contribution in [-0.2, 0) is 11.3 Å². The molecule has 1 aliphatic heterocycles. The van der Waals surface area contributed by atoms with E-state index in [-0.39, 0.29) is 11.9 Å². The Labute approximate surface area is 109 Å². The Kier molecular flexibility index (Phi) is 4.37. The van der Waals surface area contributed by atoms with Gasteiger partial charge in [0.05, 0.1) is 6.04 Å². The zero-order valence-corrected chi connectivity index (χ0v) is 11.3. The van der Waals surface area contributed by atoms with Gasteiger partial charge in [-0.05, 0) is 38.8 Å². The van der Waals surface area contributed by atoms with Gasteiger partial charge >= 0.3 is 0 Å². The van der Waals surface area contributed by atoms with Crippen molar-refractivity contribution in [2.75, 3.05) is 13.1 Å². The van der Waals surface area contributed by atoms with Gasteiger partial charge < -0.3 is 10.2 Å². The van der Waals surface area contributed by atoms with Gasteiger partial charge in [0.15, 0.2) is 0 Å². The predicted molar refractivity (Wildman–Crippen MR) is 73.3 cm³/mol. The van der Waals surface area contributed by atoms with Gasteiger partial charge in [0.2, 0.25) is 5.91 Å². The molecule has 0 saturated carbocycles. The SMILES string of the molecule is CCN(Cc1cccc(C)c1)C(=O)[C@H]1CCCN1. The van der Waals surface area contributed by atoms with Gasteiger partial charge in [0, 0.05) is 13.1 Å². The number of rotatable bonds is 4. The molecule has 1 aromatic rings. The van der Waals surface area contributed by atoms with Gasteiger partial charge in [-0.1, -0.05) is 29.8 Å². The summed E-state index contributed by atoms with van der Waals surface area (Å²) >= 11 is 0. The lowest BCUT2D eigenvalue weighted by Gasteiger charge is -2.24. The molecule has 1 heterocycles. The normalized spacial score (nSPS) is 18.9. The highest BCUT2D eigenvalue weighted by Gasteiger charge is 2.25. The molecule has 1 N–H and O–H groups in total. The lowest BCUT2D eigenvalue weighted by molar-refractivity contribution is -0.133. The highest BCUT2D eigenvalue weighted by molar-refractivity contribution is 5.82. The maximum atomic E-state index is 12.3. The summed E-state index contributed by atoms with van der Waals surface area (Å²) in [5.41, 5.74) is 2.46. The lowest BCUT2D eigenvalue weighted by Crippen LogP contribution is -2.43. The molecule has 1 aliphatic rings. The standard InChI is InChI=1S/C15H22N2O/c1-3-17(15(18)14-8-5-9-16-14)11-13-7-4-6-12(2)10-13/h4,6-7,10,14,16H,3,5,8-9,11H2,1-2H3/t14-/m1/s1. The van der Waals surface area contributed by atoms with E-state index >= 15 is 0 Å². The summed E-state index contributed by atoms with van der Waals surface area (Å²) < 4.78 is 0. The maximum absolute atomic E-state index is 12.3. The highest BCUT2D eigenvalue weighted by Crippen LogP contribution is 2.12. The highest BCUT2D eigenvalue weighted by atomic mass is 16.2. The van der Waals surface area contributed by atoms with E-state index in [0.717, 1.165) is 32.5 Å². The topological polar surface area (TPSA) is 32.3 Å². The average Bonchev–Trinajstić information content (AvgIpc) is 2.89. The number of likely N-dealkylation sites (N-methyl/N-ethyl adjacent to an activating group) is 1. The van der Waals surface area contributed by atoms with E-state index < -0.39 is 0 Å².